The summed E-state index contributed by atoms with van der Waals surface area (Å²) in [5.74, 6) is -1.47. The van der Waals surface area contributed by atoms with E-state index in [1.54, 1.807) is 18.2 Å². The summed E-state index contributed by atoms with van der Waals surface area (Å²) in [6, 6.07) is 7.57. The van der Waals surface area contributed by atoms with E-state index in [1.807, 2.05) is 4.72 Å². The van der Waals surface area contributed by atoms with Crippen molar-refractivity contribution in [3.63, 3.8) is 0 Å². The molecule has 4 aliphatic rings. The third-order valence-electron chi connectivity index (χ3n) is 8.95. The summed E-state index contributed by atoms with van der Waals surface area (Å²) >= 11 is 14.1. The fraction of sp³-hybridized carbons (Fsp3) is 0.400. The zero-order chi connectivity index (χ0) is 31.2. The van der Waals surface area contributed by atoms with Crippen LogP contribution >= 0.6 is 34.5 Å². The molecular weight excluding hydrogens is 666 g/mol. The quantitative estimate of drug-likeness (QED) is 0.211. The molecule has 3 saturated carbocycles. The molecule has 1 aliphatic heterocycles. The van der Waals surface area contributed by atoms with E-state index in [1.165, 1.54) is 17.4 Å². The first-order chi connectivity index (χ1) is 21.6. The fourth-order valence-corrected chi connectivity index (χ4v) is 9.36. The highest BCUT2D eigenvalue weighted by Crippen LogP contribution is 2.48. The Balaban J connectivity index is 0.995. The summed E-state index contributed by atoms with van der Waals surface area (Å²) in [5, 5.41) is 4.92. The zero-order valence-corrected chi connectivity index (χ0v) is 26.6. The second-order valence-corrected chi connectivity index (χ2v) is 15.9. The van der Waals surface area contributed by atoms with Gasteiger partial charge in [-0.1, -0.05) is 45.8 Å². The number of thiazole rings is 1. The lowest BCUT2D eigenvalue weighted by molar-refractivity contribution is 0.0191. The highest BCUT2D eigenvalue weighted by atomic mass is 35.5. The number of nitrogens with one attached hydrogen (secondary N) is 1. The van der Waals surface area contributed by atoms with E-state index in [9.17, 15) is 18.0 Å². The number of amides is 1. The number of nitrogens with zero attached hydrogens (tertiary/aromatic N) is 3. The fourth-order valence-electron chi connectivity index (χ4n) is 6.38. The van der Waals surface area contributed by atoms with Gasteiger partial charge in [0.15, 0.2) is 16.7 Å². The number of benzene rings is 2. The molecule has 1 amide bonds. The Morgan fingerprint density at radius 1 is 1.11 bits per heavy atom. The molecule has 4 aromatic rings. The number of piperidine rings is 1. The second-order valence-electron chi connectivity index (χ2n) is 12.1. The molecule has 2 aromatic carbocycles. The molecule has 0 unspecified atom stereocenters. The molecule has 45 heavy (non-hydrogen) atoms. The number of esters is 1. The zero-order valence-electron chi connectivity index (χ0n) is 23.5. The SMILES string of the molecule is O=C(NS(=O)(=O)C1CC1)c1cc(F)c2nc(N3C[C@@H]4C[C@H]3C[C@H]4OC(=O)c3c(-c4c(Cl)cccc4Cl)noc3C3CC3)sc2c1. The van der Waals surface area contributed by atoms with Gasteiger partial charge in [-0.3, -0.25) is 4.79 Å². The predicted octanol–water partition coefficient (Wildman–Crippen LogP) is 6.32. The van der Waals surface area contributed by atoms with E-state index in [2.05, 4.69) is 15.0 Å². The number of carbonyl (C=O) groups excluding carboxylic acids is 2. The number of sulfonamides is 1. The number of rotatable bonds is 8. The summed E-state index contributed by atoms with van der Waals surface area (Å²) in [4.78, 5) is 32.9. The maximum atomic E-state index is 15.0. The minimum absolute atomic E-state index is 0.0192. The molecule has 8 rings (SSSR count). The number of anilines is 1. The van der Waals surface area contributed by atoms with Crippen LogP contribution in [0.5, 0.6) is 0 Å². The van der Waals surface area contributed by atoms with Gasteiger partial charge in [0, 0.05) is 42.0 Å². The van der Waals surface area contributed by atoms with Crippen LogP contribution in [0.1, 0.15) is 70.9 Å². The Kier molecular flexibility index (Phi) is 6.90. The topological polar surface area (TPSA) is 132 Å². The summed E-state index contributed by atoms with van der Waals surface area (Å²) in [6.45, 7) is 0.555. The Hall–Kier alpha value is -3.26. The third-order valence-corrected chi connectivity index (χ3v) is 12.4. The van der Waals surface area contributed by atoms with Crippen LogP contribution in [-0.2, 0) is 14.8 Å². The third kappa shape index (κ3) is 5.17. The number of ether oxygens (including phenoxy) is 1. The van der Waals surface area contributed by atoms with Crippen molar-refractivity contribution >= 4 is 71.8 Å². The normalized spacial score (nSPS) is 22.7. The first-order valence-electron chi connectivity index (χ1n) is 14.6. The Bertz CT molecular complexity index is 1990. The highest BCUT2D eigenvalue weighted by Gasteiger charge is 2.48. The summed E-state index contributed by atoms with van der Waals surface area (Å²) in [7, 11) is -3.77. The molecule has 1 N–H and O–H groups in total. The monoisotopic (exact) mass is 690 g/mol. The molecule has 1 saturated heterocycles. The lowest BCUT2D eigenvalue weighted by Gasteiger charge is -2.31. The van der Waals surface area contributed by atoms with Gasteiger partial charge in [0.25, 0.3) is 5.91 Å². The molecule has 3 aliphatic carbocycles. The Morgan fingerprint density at radius 2 is 1.87 bits per heavy atom. The van der Waals surface area contributed by atoms with Crippen LogP contribution in [0.2, 0.25) is 10.0 Å². The van der Waals surface area contributed by atoms with Gasteiger partial charge in [0.2, 0.25) is 10.0 Å². The van der Waals surface area contributed by atoms with Crippen molar-refractivity contribution < 1.29 is 31.7 Å². The molecule has 15 heteroatoms. The van der Waals surface area contributed by atoms with Crippen molar-refractivity contribution in [1.29, 1.82) is 0 Å². The first kappa shape index (κ1) is 29.2. The number of hydrogen-bond acceptors (Lipinski definition) is 10. The summed E-state index contributed by atoms with van der Waals surface area (Å²) in [5.41, 5.74) is 1.01. The number of aromatic nitrogens is 2. The van der Waals surface area contributed by atoms with E-state index < -0.39 is 33.0 Å². The highest BCUT2D eigenvalue weighted by molar-refractivity contribution is 7.91. The van der Waals surface area contributed by atoms with Crippen LogP contribution in [-0.4, -0.2) is 54.4 Å². The van der Waals surface area contributed by atoms with Crippen LogP contribution in [0.25, 0.3) is 21.5 Å². The average molecular weight is 692 g/mol. The van der Waals surface area contributed by atoms with Gasteiger partial charge in [-0.2, -0.15) is 0 Å². The molecule has 234 valence electrons. The summed E-state index contributed by atoms with van der Waals surface area (Å²) < 4.78 is 53.7. The lowest BCUT2D eigenvalue weighted by atomic mass is 10.0. The molecule has 2 bridgehead atoms. The van der Waals surface area contributed by atoms with Crippen molar-refractivity contribution in [2.24, 2.45) is 5.92 Å². The predicted molar refractivity (Wildman–Crippen MR) is 166 cm³/mol. The molecule has 0 spiro atoms. The van der Waals surface area contributed by atoms with E-state index in [-0.39, 0.29) is 46.3 Å². The van der Waals surface area contributed by atoms with Gasteiger partial charge >= 0.3 is 5.97 Å². The number of hydrogen-bond donors (Lipinski definition) is 1. The minimum atomic E-state index is -3.77. The van der Waals surface area contributed by atoms with Crippen molar-refractivity contribution in [1.82, 2.24) is 14.9 Å². The maximum absolute atomic E-state index is 15.0. The molecule has 0 radical (unpaired) electrons. The van der Waals surface area contributed by atoms with Crippen LogP contribution in [0, 0.1) is 11.7 Å². The van der Waals surface area contributed by atoms with Crippen LogP contribution in [0.15, 0.2) is 34.9 Å². The van der Waals surface area contributed by atoms with Crippen LogP contribution in [0.3, 0.4) is 0 Å². The number of carbonyl (C=O) groups is 2. The molecule has 4 fully saturated rings. The standard InChI is InChI=1S/C30H25Cl2FN4O6S2/c31-18-2-1-3-19(32)23(18)26-24(27(43-35-26)13-4-5-13)29(39)42-21-11-16-8-15(21)12-37(16)30-34-25-20(33)9-14(10-22(25)44-30)28(38)36-45(40,41)17-6-7-17/h1-3,9-10,13,15-17,21H,4-8,11-12H2,(H,36,38)/t15-,16-,21+/m0/s1. The van der Waals surface area contributed by atoms with Crippen molar-refractivity contribution in [3.05, 3.63) is 63.1 Å². The Labute approximate surface area is 270 Å². The molecule has 3 heterocycles. The van der Waals surface area contributed by atoms with Gasteiger partial charge < -0.3 is 14.2 Å². The number of fused-ring (bicyclic) bond motifs is 3. The van der Waals surface area contributed by atoms with E-state index >= 15 is 4.39 Å². The molecule has 10 nitrogen and oxygen atoms in total. The molecule has 3 atom stereocenters. The van der Waals surface area contributed by atoms with Crippen LogP contribution < -0.4 is 9.62 Å². The van der Waals surface area contributed by atoms with Crippen LogP contribution in [0.4, 0.5) is 9.52 Å². The first-order valence-corrected chi connectivity index (χ1v) is 17.8. The van der Waals surface area contributed by atoms with E-state index in [4.69, 9.17) is 32.5 Å². The molecule has 2 aromatic heterocycles. The van der Waals surface area contributed by atoms with E-state index in [0.717, 1.165) is 25.3 Å². The van der Waals surface area contributed by atoms with Crippen molar-refractivity contribution in [2.45, 2.75) is 61.8 Å². The van der Waals surface area contributed by atoms with E-state index in [0.29, 0.717) is 57.0 Å². The smallest absolute Gasteiger partial charge is 0.344 e. The summed E-state index contributed by atoms with van der Waals surface area (Å²) in [6.07, 6.45) is 3.79. The molecular formula is C30H25Cl2FN4O6S2. The largest absolute Gasteiger partial charge is 0.458 e. The average Bonchev–Trinajstić information content (AvgIpc) is 3.86. The van der Waals surface area contributed by atoms with Gasteiger partial charge in [0.1, 0.15) is 22.9 Å². The Morgan fingerprint density at radius 3 is 2.53 bits per heavy atom. The second kappa shape index (κ2) is 10.6. The number of halogens is 3. The van der Waals surface area contributed by atoms with Crippen molar-refractivity contribution in [3.8, 4) is 11.3 Å². The van der Waals surface area contributed by atoms with Gasteiger partial charge in [0.05, 0.1) is 20.0 Å². The minimum Gasteiger partial charge on any atom is -0.458 e. The van der Waals surface area contributed by atoms with Gasteiger partial charge in [-0.25, -0.2) is 27.3 Å². The van der Waals surface area contributed by atoms with Gasteiger partial charge in [-0.15, -0.1) is 0 Å². The maximum Gasteiger partial charge on any atom is 0.344 e. The van der Waals surface area contributed by atoms with Gasteiger partial charge in [-0.05, 0) is 56.4 Å². The lowest BCUT2D eigenvalue weighted by Crippen LogP contribution is -2.39. The van der Waals surface area contributed by atoms with Crippen molar-refractivity contribution in [2.75, 3.05) is 11.4 Å².